The minimum absolute atomic E-state index is 0.882. The maximum atomic E-state index is 9.12. The number of hydrogen-bond donors (Lipinski definition) is 1. The molecule has 0 saturated heterocycles. The standard InChI is InChI=1S/C4H5O2PS2/c1-4-2-3-6-7(5,8)9-4/h3H,1H3,(H,5,8). The van der Waals surface area contributed by atoms with Gasteiger partial charge in [0.25, 0.3) is 5.69 Å². The van der Waals surface area contributed by atoms with Gasteiger partial charge in [0.15, 0.2) is 0 Å². The summed E-state index contributed by atoms with van der Waals surface area (Å²) in [5.74, 6) is 0. The van der Waals surface area contributed by atoms with E-state index in [2.05, 4.69) is 17.5 Å². The smallest absolute Gasteiger partial charge is 0.300 e. The molecule has 1 atom stereocenters. The molecule has 1 unspecified atom stereocenters. The molecule has 1 aliphatic rings. The Hall–Kier alpha value is 0.280. The van der Waals surface area contributed by atoms with Gasteiger partial charge in [-0.3, -0.25) is 0 Å². The van der Waals surface area contributed by atoms with Crippen LogP contribution in [0.1, 0.15) is 6.92 Å². The van der Waals surface area contributed by atoms with Gasteiger partial charge in [0, 0.05) is 4.91 Å². The summed E-state index contributed by atoms with van der Waals surface area (Å²) in [4.78, 5) is 10.0. The minimum atomic E-state index is -2.55. The van der Waals surface area contributed by atoms with Crippen LogP contribution in [0.25, 0.3) is 0 Å². The van der Waals surface area contributed by atoms with Crippen LogP contribution in [-0.2, 0) is 16.3 Å². The van der Waals surface area contributed by atoms with Crippen molar-refractivity contribution in [2.45, 2.75) is 6.92 Å². The molecule has 0 saturated carbocycles. The Morgan fingerprint density at radius 1 is 2.00 bits per heavy atom. The largest absolute Gasteiger partial charge is 0.435 e. The highest BCUT2D eigenvalue weighted by atomic mass is 32.9. The molecule has 9 heavy (non-hydrogen) atoms. The van der Waals surface area contributed by atoms with Crippen LogP contribution in [0.2, 0.25) is 0 Å². The monoisotopic (exact) mass is 180 g/mol. The Labute approximate surface area is 62.5 Å². The van der Waals surface area contributed by atoms with Crippen LogP contribution in [0, 0.1) is 0 Å². The fourth-order valence-electron chi connectivity index (χ4n) is 0.397. The molecule has 0 aromatic carbocycles. The van der Waals surface area contributed by atoms with Gasteiger partial charge in [-0.05, 0) is 30.1 Å². The van der Waals surface area contributed by atoms with Gasteiger partial charge in [0.05, 0.1) is 0 Å². The van der Waals surface area contributed by atoms with Crippen molar-refractivity contribution in [1.29, 1.82) is 0 Å². The fraction of sp³-hybridized carbons (Fsp3) is 0.250. The van der Waals surface area contributed by atoms with Gasteiger partial charge in [-0.1, -0.05) is 5.73 Å². The minimum Gasteiger partial charge on any atom is -0.435 e. The zero-order valence-corrected chi connectivity index (χ0v) is 7.22. The molecule has 1 N–H and O–H groups in total. The van der Waals surface area contributed by atoms with Crippen LogP contribution in [0.4, 0.5) is 0 Å². The molecular formula is C4H5O2PS2. The van der Waals surface area contributed by atoms with Crippen LogP contribution in [-0.4, -0.2) is 4.89 Å². The number of rotatable bonds is 0. The summed E-state index contributed by atoms with van der Waals surface area (Å²) < 4.78 is 4.72. The molecular weight excluding hydrogens is 175 g/mol. The molecule has 0 aromatic heterocycles. The van der Waals surface area contributed by atoms with Crippen LogP contribution in [0.5, 0.6) is 0 Å². The summed E-state index contributed by atoms with van der Waals surface area (Å²) in [6.07, 6.45) is 1.33. The summed E-state index contributed by atoms with van der Waals surface area (Å²) in [6, 6.07) is 0. The van der Waals surface area contributed by atoms with Crippen molar-refractivity contribution >= 4 is 28.9 Å². The third-order valence-electron chi connectivity index (χ3n) is 0.700. The van der Waals surface area contributed by atoms with E-state index in [0.29, 0.717) is 0 Å². The Kier molecular flexibility index (Phi) is 2.04. The average molecular weight is 180 g/mol. The highest BCUT2D eigenvalue weighted by molar-refractivity contribution is 8.69. The zero-order chi connectivity index (χ0) is 6.91. The lowest BCUT2D eigenvalue weighted by Gasteiger charge is -2.13. The predicted octanol–water partition coefficient (Wildman–Crippen LogP) is 1.98. The molecule has 50 valence electrons. The molecule has 0 spiro atoms. The molecule has 1 rings (SSSR count). The van der Waals surface area contributed by atoms with Crippen LogP contribution < -0.4 is 0 Å². The summed E-state index contributed by atoms with van der Waals surface area (Å²) in [7, 11) is 0. The Bertz CT molecular complexity index is 227. The van der Waals surface area contributed by atoms with E-state index in [1.54, 1.807) is 0 Å². The van der Waals surface area contributed by atoms with Crippen molar-refractivity contribution in [1.82, 2.24) is 0 Å². The number of allylic oxidation sites excluding steroid dienone is 1. The SMILES string of the molecule is CC1=C=COP(O)(=S)S1. The second-order valence-corrected chi connectivity index (χ2v) is 7.64. The van der Waals surface area contributed by atoms with Gasteiger partial charge >= 0.3 is 0 Å². The second kappa shape index (κ2) is 2.49. The normalized spacial score (nSPS) is 33.3. The van der Waals surface area contributed by atoms with Crippen molar-refractivity contribution < 1.29 is 9.42 Å². The average Bonchev–Trinajstić information content (AvgIpc) is 1.60. The van der Waals surface area contributed by atoms with Crippen molar-refractivity contribution in [2.75, 3.05) is 0 Å². The maximum absolute atomic E-state index is 9.12. The molecule has 5 heteroatoms. The fourth-order valence-corrected chi connectivity index (χ4v) is 3.66. The molecule has 0 amide bonds. The Morgan fingerprint density at radius 2 is 2.67 bits per heavy atom. The lowest BCUT2D eigenvalue weighted by atomic mass is 10.7. The first-order valence-electron chi connectivity index (χ1n) is 2.23. The van der Waals surface area contributed by atoms with E-state index in [4.69, 9.17) is 9.42 Å². The van der Waals surface area contributed by atoms with E-state index in [0.717, 1.165) is 4.91 Å². The lowest BCUT2D eigenvalue weighted by molar-refractivity contribution is 0.455. The highest BCUT2D eigenvalue weighted by Gasteiger charge is 2.17. The first-order chi connectivity index (χ1) is 4.10. The summed E-state index contributed by atoms with van der Waals surface area (Å²) in [5, 5.41) is 0. The molecule has 0 bridgehead atoms. The summed E-state index contributed by atoms with van der Waals surface area (Å²) >= 11 is 5.86. The van der Waals surface area contributed by atoms with Crippen molar-refractivity contribution in [2.24, 2.45) is 0 Å². The highest BCUT2D eigenvalue weighted by Crippen LogP contribution is 2.60. The molecule has 0 aliphatic carbocycles. The van der Waals surface area contributed by atoms with E-state index in [-0.39, 0.29) is 0 Å². The second-order valence-electron chi connectivity index (χ2n) is 1.48. The van der Waals surface area contributed by atoms with Gasteiger partial charge in [0.2, 0.25) is 0 Å². The molecule has 0 fully saturated rings. The van der Waals surface area contributed by atoms with Crippen molar-refractivity contribution in [3.8, 4) is 0 Å². The molecule has 2 nitrogen and oxygen atoms in total. The van der Waals surface area contributed by atoms with E-state index < -0.39 is 5.69 Å². The van der Waals surface area contributed by atoms with Gasteiger partial charge in [-0.15, -0.1) is 0 Å². The van der Waals surface area contributed by atoms with E-state index in [9.17, 15) is 0 Å². The Morgan fingerprint density at radius 3 is 3.00 bits per heavy atom. The first kappa shape index (κ1) is 7.39. The maximum Gasteiger partial charge on any atom is 0.300 e. The zero-order valence-electron chi connectivity index (χ0n) is 4.70. The van der Waals surface area contributed by atoms with Gasteiger partial charge in [0.1, 0.15) is 6.26 Å². The number of hydrogen-bond acceptors (Lipinski definition) is 3. The predicted molar refractivity (Wildman–Crippen MR) is 42.4 cm³/mol. The summed E-state index contributed by atoms with van der Waals surface area (Å²) in [5.41, 5.74) is 0.223. The van der Waals surface area contributed by atoms with Crippen LogP contribution >= 0.6 is 17.1 Å². The third kappa shape index (κ3) is 2.17. The van der Waals surface area contributed by atoms with Crippen LogP contribution in [0.15, 0.2) is 16.9 Å². The van der Waals surface area contributed by atoms with Gasteiger partial charge < -0.3 is 9.42 Å². The van der Waals surface area contributed by atoms with Crippen molar-refractivity contribution in [3.63, 3.8) is 0 Å². The van der Waals surface area contributed by atoms with Crippen molar-refractivity contribution in [3.05, 3.63) is 16.9 Å². The Balaban J connectivity index is 2.86. The van der Waals surface area contributed by atoms with E-state index in [1.165, 1.54) is 17.6 Å². The quantitative estimate of drug-likeness (QED) is 0.456. The van der Waals surface area contributed by atoms with E-state index in [1.807, 2.05) is 6.92 Å². The third-order valence-corrected chi connectivity index (χ3v) is 4.40. The van der Waals surface area contributed by atoms with E-state index >= 15 is 0 Å². The van der Waals surface area contributed by atoms with Crippen LogP contribution in [0.3, 0.4) is 0 Å². The summed E-state index contributed by atoms with van der Waals surface area (Å²) in [6.45, 7) is 1.83. The molecule has 0 aromatic rings. The first-order valence-corrected chi connectivity index (χ1v) is 6.32. The molecule has 1 aliphatic heterocycles. The van der Waals surface area contributed by atoms with Gasteiger partial charge in [-0.25, -0.2) is 0 Å². The molecule has 1 heterocycles. The topological polar surface area (TPSA) is 29.5 Å². The lowest BCUT2D eigenvalue weighted by Crippen LogP contribution is -1.79. The molecule has 0 radical (unpaired) electrons. The van der Waals surface area contributed by atoms with Gasteiger partial charge in [-0.2, -0.15) is 0 Å².